The number of halogens is 3. The number of nitrogens with zero attached hydrogens (tertiary/aromatic N) is 1. The summed E-state index contributed by atoms with van der Waals surface area (Å²) >= 11 is 0. The molecule has 7 heteroatoms. The van der Waals surface area contributed by atoms with Gasteiger partial charge in [0.1, 0.15) is 4.90 Å². The molecule has 0 N–H and O–H groups in total. The minimum absolute atomic E-state index is 0.139. The van der Waals surface area contributed by atoms with Gasteiger partial charge in [0.15, 0.2) is 17.5 Å². The number of sulfonamides is 1. The Labute approximate surface area is 119 Å². The van der Waals surface area contributed by atoms with Crippen LogP contribution in [0.1, 0.15) is 5.56 Å². The van der Waals surface area contributed by atoms with Crippen molar-refractivity contribution < 1.29 is 21.6 Å². The van der Waals surface area contributed by atoms with E-state index in [0.29, 0.717) is 18.2 Å². The van der Waals surface area contributed by atoms with Gasteiger partial charge in [-0.1, -0.05) is 18.2 Å². The summed E-state index contributed by atoms with van der Waals surface area (Å²) in [6.07, 6.45) is 0.487. The van der Waals surface area contributed by atoms with Crippen molar-refractivity contribution in [2.75, 3.05) is 10.8 Å². The summed E-state index contributed by atoms with van der Waals surface area (Å²) in [5, 5.41) is 0. The molecule has 0 atom stereocenters. The third-order valence-corrected chi connectivity index (χ3v) is 5.24. The van der Waals surface area contributed by atoms with Gasteiger partial charge in [0.05, 0.1) is 5.69 Å². The van der Waals surface area contributed by atoms with Gasteiger partial charge in [-0.2, -0.15) is 0 Å². The van der Waals surface area contributed by atoms with E-state index in [2.05, 4.69) is 0 Å². The van der Waals surface area contributed by atoms with Crippen molar-refractivity contribution in [3.63, 3.8) is 0 Å². The molecular formula is C14H10F3NO2S. The minimum atomic E-state index is -4.27. The first-order valence-electron chi connectivity index (χ1n) is 6.17. The van der Waals surface area contributed by atoms with Crippen molar-refractivity contribution in [1.82, 2.24) is 0 Å². The van der Waals surface area contributed by atoms with E-state index in [9.17, 15) is 21.6 Å². The van der Waals surface area contributed by atoms with Crippen LogP contribution in [0.2, 0.25) is 0 Å². The Kier molecular flexibility index (Phi) is 3.16. The van der Waals surface area contributed by atoms with Crippen molar-refractivity contribution in [3.05, 3.63) is 59.4 Å². The summed E-state index contributed by atoms with van der Waals surface area (Å²) in [4.78, 5) is -0.863. The average molecular weight is 313 g/mol. The fourth-order valence-corrected chi connectivity index (χ4v) is 3.95. The standard InChI is InChI=1S/C14H10F3NO2S/c15-10-5-6-12(14(17)13(10)16)21(19,20)18-8-7-9-3-1-2-4-11(9)18/h1-6H,7-8H2. The van der Waals surface area contributed by atoms with Crippen LogP contribution in [0, 0.1) is 17.5 Å². The van der Waals surface area contributed by atoms with E-state index in [1.54, 1.807) is 24.3 Å². The lowest BCUT2D eigenvalue weighted by atomic mass is 10.2. The van der Waals surface area contributed by atoms with Crippen LogP contribution >= 0.6 is 0 Å². The number of benzene rings is 2. The second kappa shape index (κ2) is 4.77. The van der Waals surface area contributed by atoms with Gasteiger partial charge in [0.25, 0.3) is 10.0 Å². The highest BCUT2D eigenvalue weighted by atomic mass is 32.2. The molecule has 1 aliphatic heterocycles. The van der Waals surface area contributed by atoms with Gasteiger partial charge in [0.2, 0.25) is 0 Å². The van der Waals surface area contributed by atoms with Gasteiger partial charge in [0, 0.05) is 6.54 Å². The summed E-state index contributed by atoms with van der Waals surface area (Å²) in [6.45, 7) is 0.139. The minimum Gasteiger partial charge on any atom is -0.266 e. The zero-order valence-corrected chi connectivity index (χ0v) is 11.5. The van der Waals surface area contributed by atoms with Crippen molar-refractivity contribution in [3.8, 4) is 0 Å². The maximum Gasteiger partial charge on any atom is 0.267 e. The molecule has 0 bridgehead atoms. The fourth-order valence-electron chi connectivity index (χ4n) is 2.38. The maximum absolute atomic E-state index is 13.8. The molecule has 0 saturated carbocycles. The van der Waals surface area contributed by atoms with Crippen molar-refractivity contribution in [2.24, 2.45) is 0 Å². The number of fused-ring (bicyclic) bond motifs is 1. The van der Waals surface area contributed by atoms with Gasteiger partial charge < -0.3 is 0 Å². The van der Waals surface area contributed by atoms with E-state index in [1.165, 1.54) is 0 Å². The Morgan fingerprint density at radius 2 is 1.67 bits per heavy atom. The Morgan fingerprint density at radius 3 is 2.43 bits per heavy atom. The van der Waals surface area contributed by atoms with Crippen LogP contribution < -0.4 is 4.31 Å². The lowest BCUT2D eigenvalue weighted by Gasteiger charge is -2.20. The van der Waals surface area contributed by atoms with Gasteiger partial charge in [-0.3, -0.25) is 4.31 Å². The molecule has 1 aliphatic rings. The van der Waals surface area contributed by atoms with Crippen molar-refractivity contribution in [1.29, 1.82) is 0 Å². The highest BCUT2D eigenvalue weighted by Crippen LogP contribution is 2.33. The predicted octanol–water partition coefficient (Wildman–Crippen LogP) is 2.86. The van der Waals surface area contributed by atoms with Gasteiger partial charge in [-0.25, -0.2) is 21.6 Å². The molecule has 0 unspecified atom stereocenters. The van der Waals surface area contributed by atoms with Crippen LogP contribution in [-0.2, 0) is 16.4 Å². The summed E-state index contributed by atoms with van der Waals surface area (Å²) in [5.41, 5.74) is 1.24. The normalized spacial score (nSPS) is 14.3. The Bertz CT molecular complexity index is 821. The van der Waals surface area contributed by atoms with E-state index >= 15 is 0 Å². The second-order valence-corrected chi connectivity index (χ2v) is 6.46. The van der Waals surface area contributed by atoms with Gasteiger partial charge in [-0.05, 0) is 30.2 Å². The third-order valence-electron chi connectivity index (χ3n) is 3.41. The van der Waals surface area contributed by atoms with E-state index in [-0.39, 0.29) is 6.54 Å². The van der Waals surface area contributed by atoms with E-state index in [4.69, 9.17) is 0 Å². The molecule has 0 aromatic heterocycles. The molecule has 0 aliphatic carbocycles. The third kappa shape index (κ3) is 2.08. The lowest BCUT2D eigenvalue weighted by molar-refractivity contribution is 0.432. The number of para-hydroxylation sites is 1. The smallest absolute Gasteiger partial charge is 0.266 e. The van der Waals surface area contributed by atoms with Crippen LogP contribution in [0.5, 0.6) is 0 Å². The first-order chi connectivity index (χ1) is 9.93. The summed E-state index contributed by atoms with van der Waals surface area (Å²) < 4.78 is 65.9. The van der Waals surface area contributed by atoms with Crippen molar-refractivity contribution >= 4 is 15.7 Å². The Hall–Kier alpha value is -2.02. The maximum atomic E-state index is 13.8. The predicted molar refractivity (Wildman–Crippen MR) is 71.0 cm³/mol. The topological polar surface area (TPSA) is 37.4 Å². The molecule has 0 radical (unpaired) electrons. The Morgan fingerprint density at radius 1 is 0.952 bits per heavy atom. The number of hydrogen-bond donors (Lipinski definition) is 0. The fraction of sp³-hybridized carbons (Fsp3) is 0.143. The molecule has 0 spiro atoms. The molecule has 0 amide bonds. The first kappa shape index (κ1) is 13.9. The summed E-state index contributed by atoms with van der Waals surface area (Å²) in [6, 6.07) is 8.14. The quantitative estimate of drug-likeness (QED) is 0.800. The second-order valence-electron chi connectivity index (χ2n) is 4.63. The van der Waals surface area contributed by atoms with Gasteiger partial charge >= 0.3 is 0 Å². The zero-order valence-electron chi connectivity index (χ0n) is 10.7. The van der Waals surface area contributed by atoms with Crippen molar-refractivity contribution in [2.45, 2.75) is 11.3 Å². The lowest BCUT2D eigenvalue weighted by Crippen LogP contribution is -2.30. The molecule has 0 saturated heterocycles. The van der Waals surface area contributed by atoms with Crippen LogP contribution in [0.3, 0.4) is 0 Å². The SMILES string of the molecule is O=S(=O)(c1ccc(F)c(F)c1F)N1CCc2ccccc21. The van der Waals surface area contributed by atoms with Crippen LogP contribution in [0.15, 0.2) is 41.3 Å². The zero-order chi connectivity index (χ0) is 15.2. The highest BCUT2D eigenvalue weighted by molar-refractivity contribution is 7.92. The van der Waals surface area contributed by atoms with E-state index in [0.717, 1.165) is 15.9 Å². The summed E-state index contributed by atoms with van der Waals surface area (Å²) in [7, 11) is -4.27. The Balaban J connectivity index is 2.13. The number of rotatable bonds is 2. The van der Waals surface area contributed by atoms with E-state index in [1.807, 2.05) is 0 Å². The van der Waals surface area contributed by atoms with Crippen LogP contribution in [0.25, 0.3) is 0 Å². The molecule has 3 nitrogen and oxygen atoms in total. The van der Waals surface area contributed by atoms with Crippen LogP contribution in [-0.4, -0.2) is 15.0 Å². The first-order valence-corrected chi connectivity index (χ1v) is 7.61. The molecule has 1 heterocycles. The molecular weight excluding hydrogens is 303 g/mol. The summed E-state index contributed by atoms with van der Waals surface area (Å²) in [5.74, 6) is -4.91. The monoisotopic (exact) mass is 313 g/mol. The van der Waals surface area contributed by atoms with E-state index < -0.39 is 32.4 Å². The highest BCUT2D eigenvalue weighted by Gasteiger charge is 2.34. The largest absolute Gasteiger partial charge is 0.267 e. The molecule has 3 rings (SSSR count). The molecule has 21 heavy (non-hydrogen) atoms. The molecule has 0 fully saturated rings. The average Bonchev–Trinajstić information content (AvgIpc) is 2.89. The molecule has 2 aromatic carbocycles. The molecule has 2 aromatic rings. The molecule has 110 valence electrons. The number of anilines is 1. The number of hydrogen-bond acceptors (Lipinski definition) is 2. The van der Waals surface area contributed by atoms with Gasteiger partial charge in [-0.15, -0.1) is 0 Å². The van der Waals surface area contributed by atoms with Crippen LogP contribution in [0.4, 0.5) is 18.9 Å².